The van der Waals surface area contributed by atoms with E-state index in [0.717, 1.165) is 32.8 Å². The molecular formula is C13H27N3O. The Morgan fingerprint density at radius 2 is 1.76 bits per heavy atom. The van der Waals surface area contributed by atoms with Crippen LogP contribution in [0.3, 0.4) is 0 Å². The molecule has 1 unspecified atom stereocenters. The summed E-state index contributed by atoms with van der Waals surface area (Å²) in [6.45, 7) is 12.5. The van der Waals surface area contributed by atoms with Crippen LogP contribution in [0.2, 0.25) is 0 Å². The van der Waals surface area contributed by atoms with E-state index in [1.165, 1.54) is 39.0 Å². The lowest BCUT2D eigenvalue weighted by atomic mass is 10.2. The highest BCUT2D eigenvalue weighted by Crippen LogP contribution is 2.03. The van der Waals surface area contributed by atoms with Crippen LogP contribution in [0, 0.1) is 0 Å². The zero-order valence-corrected chi connectivity index (χ0v) is 11.2. The van der Waals surface area contributed by atoms with Crippen molar-refractivity contribution in [2.45, 2.75) is 25.8 Å². The van der Waals surface area contributed by atoms with Gasteiger partial charge in [0.25, 0.3) is 0 Å². The molecule has 0 aliphatic carbocycles. The molecule has 4 nitrogen and oxygen atoms in total. The highest BCUT2D eigenvalue weighted by molar-refractivity contribution is 4.72. The fourth-order valence-corrected chi connectivity index (χ4v) is 2.63. The number of ether oxygens (including phenoxy) is 1. The third kappa shape index (κ3) is 4.92. The maximum atomic E-state index is 5.36. The quantitative estimate of drug-likeness (QED) is 0.771. The van der Waals surface area contributed by atoms with Crippen molar-refractivity contribution >= 4 is 0 Å². The number of rotatable bonds is 4. The average Bonchev–Trinajstić information content (AvgIpc) is 2.56. The van der Waals surface area contributed by atoms with E-state index in [4.69, 9.17) is 4.74 Å². The lowest BCUT2D eigenvalue weighted by Gasteiger charge is -2.27. The van der Waals surface area contributed by atoms with Crippen molar-refractivity contribution in [3.05, 3.63) is 0 Å². The number of morpholine rings is 1. The molecule has 2 aliphatic rings. The lowest BCUT2D eigenvalue weighted by Crippen LogP contribution is -2.38. The van der Waals surface area contributed by atoms with E-state index in [2.05, 4.69) is 22.0 Å². The van der Waals surface area contributed by atoms with Crippen LogP contribution in [0.25, 0.3) is 0 Å². The number of hydrogen-bond acceptors (Lipinski definition) is 4. The second kappa shape index (κ2) is 7.31. The smallest absolute Gasteiger partial charge is 0.0594 e. The molecule has 4 heteroatoms. The standard InChI is InChI=1S/C13H27N3O/c1-13-3-7-15(8-4-14-13)5-2-6-16-9-11-17-12-10-16/h13-14H,2-12H2,1H3. The van der Waals surface area contributed by atoms with Crippen molar-refractivity contribution in [3.63, 3.8) is 0 Å². The van der Waals surface area contributed by atoms with E-state index in [1.54, 1.807) is 0 Å². The Bertz CT molecular complexity index is 207. The van der Waals surface area contributed by atoms with E-state index < -0.39 is 0 Å². The van der Waals surface area contributed by atoms with Crippen LogP contribution in [0.1, 0.15) is 19.8 Å². The first-order chi connectivity index (χ1) is 8.34. The number of hydrogen-bond donors (Lipinski definition) is 1. The molecule has 0 saturated carbocycles. The highest BCUT2D eigenvalue weighted by atomic mass is 16.5. The third-order valence-electron chi connectivity index (χ3n) is 3.85. The first-order valence-electron chi connectivity index (χ1n) is 7.10. The largest absolute Gasteiger partial charge is 0.379 e. The van der Waals surface area contributed by atoms with Gasteiger partial charge < -0.3 is 15.0 Å². The van der Waals surface area contributed by atoms with Crippen molar-refractivity contribution in [1.29, 1.82) is 0 Å². The lowest BCUT2D eigenvalue weighted by molar-refractivity contribution is 0.0362. The zero-order chi connectivity index (χ0) is 11.9. The fourth-order valence-electron chi connectivity index (χ4n) is 2.63. The van der Waals surface area contributed by atoms with E-state index in [0.29, 0.717) is 6.04 Å². The van der Waals surface area contributed by atoms with Crippen LogP contribution in [0.4, 0.5) is 0 Å². The molecule has 0 aromatic heterocycles. The second-order valence-electron chi connectivity index (χ2n) is 5.29. The van der Waals surface area contributed by atoms with Gasteiger partial charge in [0, 0.05) is 32.2 Å². The van der Waals surface area contributed by atoms with Crippen LogP contribution in [-0.2, 0) is 4.74 Å². The minimum Gasteiger partial charge on any atom is -0.379 e. The van der Waals surface area contributed by atoms with Crippen molar-refractivity contribution in [1.82, 2.24) is 15.1 Å². The van der Waals surface area contributed by atoms with Crippen LogP contribution in [0.5, 0.6) is 0 Å². The van der Waals surface area contributed by atoms with Gasteiger partial charge in [-0.2, -0.15) is 0 Å². The Morgan fingerprint density at radius 3 is 2.53 bits per heavy atom. The molecule has 1 atom stereocenters. The molecule has 17 heavy (non-hydrogen) atoms. The Hall–Kier alpha value is -0.160. The minimum absolute atomic E-state index is 0.694. The topological polar surface area (TPSA) is 27.7 Å². The van der Waals surface area contributed by atoms with Gasteiger partial charge in [-0.3, -0.25) is 4.90 Å². The molecule has 0 aromatic carbocycles. The molecule has 2 saturated heterocycles. The molecule has 0 amide bonds. The molecule has 1 N–H and O–H groups in total. The van der Waals surface area contributed by atoms with Crippen molar-refractivity contribution < 1.29 is 4.74 Å². The summed E-state index contributed by atoms with van der Waals surface area (Å²) < 4.78 is 5.36. The molecule has 0 bridgehead atoms. The zero-order valence-electron chi connectivity index (χ0n) is 11.2. The highest BCUT2D eigenvalue weighted by Gasteiger charge is 2.14. The van der Waals surface area contributed by atoms with Gasteiger partial charge in [0.1, 0.15) is 0 Å². The molecule has 0 radical (unpaired) electrons. The van der Waals surface area contributed by atoms with E-state index in [-0.39, 0.29) is 0 Å². The van der Waals surface area contributed by atoms with E-state index in [9.17, 15) is 0 Å². The Labute approximate surface area is 105 Å². The first-order valence-corrected chi connectivity index (χ1v) is 7.10. The molecule has 0 spiro atoms. The average molecular weight is 241 g/mol. The first kappa shape index (κ1) is 13.3. The fraction of sp³-hybridized carbons (Fsp3) is 1.00. The van der Waals surface area contributed by atoms with Crippen molar-refractivity contribution in [2.24, 2.45) is 0 Å². The SMILES string of the molecule is CC1CCN(CCCN2CCOCC2)CCN1. The van der Waals surface area contributed by atoms with Crippen molar-refractivity contribution in [2.75, 3.05) is 59.0 Å². The van der Waals surface area contributed by atoms with E-state index >= 15 is 0 Å². The van der Waals surface area contributed by atoms with Gasteiger partial charge in [-0.15, -0.1) is 0 Å². The van der Waals surface area contributed by atoms with Gasteiger partial charge >= 0.3 is 0 Å². The minimum atomic E-state index is 0.694. The summed E-state index contributed by atoms with van der Waals surface area (Å²) in [4.78, 5) is 5.14. The van der Waals surface area contributed by atoms with Gasteiger partial charge in [-0.25, -0.2) is 0 Å². The molecule has 2 rings (SSSR count). The molecule has 100 valence electrons. The summed E-state index contributed by atoms with van der Waals surface area (Å²) in [5.41, 5.74) is 0. The van der Waals surface area contributed by atoms with Gasteiger partial charge in [0.15, 0.2) is 0 Å². The Morgan fingerprint density at radius 1 is 1.06 bits per heavy atom. The van der Waals surface area contributed by atoms with Gasteiger partial charge in [-0.05, 0) is 39.4 Å². The van der Waals surface area contributed by atoms with Gasteiger partial charge in [0.2, 0.25) is 0 Å². The Balaban J connectivity index is 1.57. The second-order valence-corrected chi connectivity index (χ2v) is 5.29. The maximum Gasteiger partial charge on any atom is 0.0594 e. The van der Waals surface area contributed by atoms with Crippen molar-refractivity contribution in [3.8, 4) is 0 Å². The van der Waals surface area contributed by atoms with Gasteiger partial charge in [0.05, 0.1) is 13.2 Å². The summed E-state index contributed by atoms with van der Waals surface area (Å²) >= 11 is 0. The number of nitrogens with one attached hydrogen (secondary N) is 1. The van der Waals surface area contributed by atoms with Crippen LogP contribution < -0.4 is 5.32 Å². The monoisotopic (exact) mass is 241 g/mol. The van der Waals surface area contributed by atoms with Crippen LogP contribution >= 0.6 is 0 Å². The van der Waals surface area contributed by atoms with Crippen LogP contribution in [-0.4, -0.2) is 74.9 Å². The molecule has 2 aliphatic heterocycles. The van der Waals surface area contributed by atoms with E-state index in [1.807, 2.05) is 0 Å². The third-order valence-corrected chi connectivity index (χ3v) is 3.85. The normalized spacial score (nSPS) is 29.1. The summed E-state index contributed by atoms with van der Waals surface area (Å²) in [5, 5.41) is 3.55. The molecular weight excluding hydrogens is 214 g/mol. The summed E-state index contributed by atoms with van der Waals surface area (Å²) in [5.74, 6) is 0. The maximum absolute atomic E-state index is 5.36. The summed E-state index contributed by atoms with van der Waals surface area (Å²) in [7, 11) is 0. The Kier molecular flexibility index (Phi) is 5.71. The molecule has 2 heterocycles. The summed E-state index contributed by atoms with van der Waals surface area (Å²) in [6.07, 6.45) is 2.59. The van der Waals surface area contributed by atoms with Crippen LogP contribution in [0.15, 0.2) is 0 Å². The predicted octanol–water partition coefficient (Wildman–Crippen LogP) is 0.393. The summed E-state index contributed by atoms with van der Waals surface area (Å²) in [6, 6.07) is 0.694. The van der Waals surface area contributed by atoms with Gasteiger partial charge in [-0.1, -0.05) is 0 Å². The molecule has 0 aromatic rings. The predicted molar refractivity (Wildman–Crippen MR) is 70.4 cm³/mol. The number of nitrogens with zero attached hydrogens (tertiary/aromatic N) is 2. The molecule has 2 fully saturated rings.